The average Bonchev–Trinajstić information content (AvgIpc) is 3.24. The van der Waals surface area contributed by atoms with E-state index in [1.807, 2.05) is 18.2 Å². The summed E-state index contributed by atoms with van der Waals surface area (Å²) >= 11 is 0. The predicted octanol–water partition coefficient (Wildman–Crippen LogP) is 2.78. The zero-order chi connectivity index (χ0) is 23.7. The third kappa shape index (κ3) is 3.95. The molecule has 3 heterocycles. The monoisotopic (exact) mass is 459 g/mol. The molecular formula is C27H30FN5O+2. The summed E-state index contributed by atoms with van der Waals surface area (Å²) in [5, 5.41) is 9.96. The lowest BCUT2D eigenvalue weighted by Crippen LogP contribution is -3.13. The van der Waals surface area contributed by atoms with Crippen LogP contribution in [0.2, 0.25) is 0 Å². The molecule has 5 rings (SSSR count). The molecule has 174 valence electrons. The fraction of sp³-hybridized carbons (Fsp3) is 0.333. The van der Waals surface area contributed by atoms with Gasteiger partial charge in [0.25, 0.3) is 0 Å². The molecule has 2 aromatic heterocycles. The van der Waals surface area contributed by atoms with Crippen LogP contribution in [0.3, 0.4) is 0 Å². The van der Waals surface area contributed by atoms with Gasteiger partial charge in [-0.25, -0.2) is 4.39 Å². The molecule has 0 atom stereocenters. The molecule has 0 unspecified atom stereocenters. The number of H-pyrrole nitrogens is 1. The van der Waals surface area contributed by atoms with Gasteiger partial charge in [0.1, 0.15) is 55.4 Å². The normalized spacial score (nSPS) is 14.6. The number of hydrogen-bond donors (Lipinski definition) is 2. The number of fused-ring (bicyclic) bond motifs is 3. The third-order valence-electron chi connectivity index (χ3n) is 6.81. The van der Waals surface area contributed by atoms with Gasteiger partial charge in [-0.3, -0.25) is 9.88 Å². The Hall–Kier alpha value is -3.63. The number of hydrogen-bond acceptors (Lipinski definition) is 3. The number of anilines is 1. The number of halogens is 1. The van der Waals surface area contributed by atoms with Gasteiger partial charge in [-0.2, -0.15) is 9.66 Å². The van der Waals surface area contributed by atoms with Gasteiger partial charge in [-0.05, 0) is 42.3 Å². The topological polar surface area (TPSA) is 60.6 Å². The van der Waals surface area contributed by atoms with Crippen molar-refractivity contribution in [3.05, 3.63) is 71.0 Å². The molecule has 0 amide bonds. The molecule has 2 N–H and O–H groups in total. The lowest BCUT2D eigenvalue weighted by Gasteiger charge is -2.30. The van der Waals surface area contributed by atoms with Gasteiger partial charge in [0.05, 0.1) is 7.11 Å². The Balaban J connectivity index is 1.44. The first-order valence-corrected chi connectivity index (χ1v) is 11.9. The molecule has 1 fully saturated rings. The highest BCUT2D eigenvalue weighted by Gasteiger charge is 2.29. The number of aryl methyl sites for hydroxylation is 1. The molecule has 1 saturated heterocycles. The fourth-order valence-electron chi connectivity index (χ4n) is 5.10. The van der Waals surface area contributed by atoms with E-state index in [0.29, 0.717) is 0 Å². The number of pyridine rings is 1. The standard InChI is InChI=1S/C27H28FN5O/c1-3-6-20-16-26(33-24-8-5-4-7-23(24)30-27(33)21(20)17-29)32-13-11-31(12-14-32)18-19-9-10-25(34-2)22(28)15-19/h4-5,7-10,15-16H,3,6,11-14,18H2,1-2H3/p+2. The second-order valence-corrected chi connectivity index (χ2v) is 8.97. The number of imidazole rings is 1. The Morgan fingerprint density at radius 1 is 1.18 bits per heavy atom. The smallest absolute Gasteiger partial charge is 0.250 e. The van der Waals surface area contributed by atoms with E-state index < -0.39 is 0 Å². The van der Waals surface area contributed by atoms with Crippen LogP contribution in [-0.2, 0) is 13.0 Å². The number of para-hydroxylation sites is 2. The van der Waals surface area contributed by atoms with Crippen molar-refractivity contribution in [2.45, 2.75) is 26.3 Å². The minimum absolute atomic E-state index is 0.284. The van der Waals surface area contributed by atoms with Gasteiger partial charge in [0.15, 0.2) is 11.6 Å². The summed E-state index contributed by atoms with van der Waals surface area (Å²) in [6.45, 7) is 6.65. The van der Waals surface area contributed by atoms with E-state index in [0.717, 1.165) is 84.8 Å². The predicted molar refractivity (Wildman–Crippen MR) is 130 cm³/mol. The van der Waals surface area contributed by atoms with Crippen LogP contribution in [0, 0.1) is 17.1 Å². The summed E-state index contributed by atoms with van der Waals surface area (Å²) < 4.78 is 21.4. The number of quaternary nitrogens is 1. The molecule has 1 aliphatic heterocycles. The van der Waals surface area contributed by atoms with E-state index >= 15 is 0 Å². The van der Waals surface area contributed by atoms with Crippen LogP contribution in [0.25, 0.3) is 16.7 Å². The first-order valence-electron chi connectivity index (χ1n) is 11.9. The van der Waals surface area contributed by atoms with Gasteiger partial charge in [0, 0.05) is 11.6 Å². The highest BCUT2D eigenvalue weighted by molar-refractivity contribution is 5.77. The molecule has 34 heavy (non-hydrogen) atoms. The number of piperazine rings is 1. The molecule has 0 bridgehead atoms. The summed E-state index contributed by atoms with van der Waals surface area (Å²) in [5.74, 6) is 1.11. The Morgan fingerprint density at radius 2 is 1.97 bits per heavy atom. The zero-order valence-corrected chi connectivity index (χ0v) is 19.7. The highest BCUT2D eigenvalue weighted by atomic mass is 19.1. The summed E-state index contributed by atoms with van der Waals surface area (Å²) in [7, 11) is 1.49. The number of nitrogens with zero attached hydrogens (tertiary/aromatic N) is 3. The van der Waals surface area contributed by atoms with E-state index in [2.05, 4.69) is 45.5 Å². The van der Waals surface area contributed by atoms with Gasteiger partial charge in [-0.1, -0.05) is 25.5 Å². The van der Waals surface area contributed by atoms with Crippen LogP contribution in [0.4, 0.5) is 10.2 Å². The number of rotatable bonds is 6. The Kier molecular flexibility index (Phi) is 6.08. The second-order valence-electron chi connectivity index (χ2n) is 8.97. The number of methoxy groups -OCH3 is 1. The van der Waals surface area contributed by atoms with Crippen LogP contribution in [-0.4, -0.2) is 38.3 Å². The molecule has 2 aromatic carbocycles. The van der Waals surface area contributed by atoms with E-state index in [1.54, 1.807) is 12.1 Å². The number of aromatic amines is 1. The van der Waals surface area contributed by atoms with Crippen LogP contribution in [0.5, 0.6) is 5.75 Å². The minimum Gasteiger partial charge on any atom is -0.494 e. The lowest BCUT2D eigenvalue weighted by atomic mass is 10.0. The van der Waals surface area contributed by atoms with Crippen LogP contribution in [0.1, 0.15) is 30.0 Å². The Morgan fingerprint density at radius 3 is 2.68 bits per heavy atom. The summed E-state index contributed by atoms with van der Waals surface area (Å²) in [5.41, 5.74) is 5.78. The lowest BCUT2D eigenvalue weighted by molar-refractivity contribution is -0.914. The molecule has 0 radical (unpaired) electrons. The number of benzene rings is 2. The van der Waals surface area contributed by atoms with Crippen molar-refractivity contribution >= 4 is 22.5 Å². The SMILES string of the molecule is CCCc1cc(N2CC[NH+](Cc3ccc(OC)c(F)c3)CC2)[n+]2c([nH]c3ccccc32)c1C#N. The van der Waals surface area contributed by atoms with Crippen molar-refractivity contribution in [2.24, 2.45) is 0 Å². The van der Waals surface area contributed by atoms with E-state index in [-0.39, 0.29) is 11.6 Å². The van der Waals surface area contributed by atoms with E-state index in [9.17, 15) is 9.65 Å². The Labute approximate surface area is 198 Å². The van der Waals surface area contributed by atoms with Crippen molar-refractivity contribution in [3.8, 4) is 11.8 Å². The van der Waals surface area contributed by atoms with Gasteiger partial charge < -0.3 is 9.64 Å². The highest BCUT2D eigenvalue weighted by Crippen LogP contribution is 2.24. The minimum atomic E-state index is -0.308. The van der Waals surface area contributed by atoms with Crippen LogP contribution >= 0.6 is 0 Å². The van der Waals surface area contributed by atoms with Crippen molar-refractivity contribution in [3.63, 3.8) is 0 Å². The quantitative estimate of drug-likeness (QED) is 0.436. The molecule has 0 aliphatic carbocycles. The van der Waals surface area contributed by atoms with Crippen LogP contribution < -0.4 is 18.9 Å². The van der Waals surface area contributed by atoms with Crippen molar-refractivity contribution in [1.29, 1.82) is 5.26 Å². The van der Waals surface area contributed by atoms with Gasteiger partial charge >= 0.3 is 0 Å². The molecular weight excluding hydrogens is 429 g/mol. The molecule has 6 nitrogen and oxygen atoms in total. The number of ether oxygens (including phenoxy) is 1. The van der Waals surface area contributed by atoms with Crippen molar-refractivity contribution in [2.75, 3.05) is 38.2 Å². The van der Waals surface area contributed by atoms with Crippen molar-refractivity contribution in [1.82, 2.24) is 4.98 Å². The summed E-state index contributed by atoms with van der Waals surface area (Å²) in [6.07, 6.45) is 1.86. The van der Waals surface area contributed by atoms with Gasteiger partial charge in [0.2, 0.25) is 11.5 Å². The average molecular weight is 460 g/mol. The first kappa shape index (κ1) is 22.2. The zero-order valence-electron chi connectivity index (χ0n) is 19.7. The molecule has 0 spiro atoms. The first-order chi connectivity index (χ1) is 16.6. The maximum absolute atomic E-state index is 14.1. The van der Waals surface area contributed by atoms with Gasteiger partial charge in [-0.15, -0.1) is 0 Å². The van der Waals surface area contributed by atoms with E-state index in [4.69, 9.17) is 4.74 Å². The fourth-order valence-corrected chi connectivity index (χ4v) is 5.10. The van der Waals surface area contributed by atoms with Crippen molar-refractivity contribution < 1.29 is 18.4 Å². The second kappa shape index (κ2) is 9.32. The summed E-state index contributed by atoms with van der Waals surface area (Å²) in [6, 6.07) is 18.1. The number of aromatic nitrogens is 2. The molecule has 4 aromatic rings. The van der Waals surface area contributed by atoms with Crippen LogP contribution in [0.15, 0.2) is 48.5 Å². The third-order valence-corrected chi connectivity index (χ3v) is 6.81. The number of nitrogens with one attached hydrogen (secondary N) is 2. The maximum atomic E-state index is 14.1. The summed E-state index contributed by atoms with van der Waals surface area (Å²) in [4.78, 5) is 7.35. The molecule has 1 aliphatic rings. The molecule has 7 heteroatoms. The van der Waals surface area contributed by atoms with E-state index in [1.165, 1.54) is 12.0 Å². The number of nitriles is 1. The largest absolute Gasteiger partial charge is 0.494 e. The maximum Gasteiger partial charge on any atom is 0.250 e. The Bertz CT molecular complexity index is 1380. The molecule has 0 saturated carbocycles.